The number of rotatable bonds is 1. The van der Waals surface area contributed by atoms with E-state index in [9.17, 15) is 20.1 Å². The molecule has 0 fully saturated rings. The van der Waals surface area contributed by atoms with Gasteiger partial charge in [0.2, 0.25) is 11.4 Å². The monoisotopic (exact) mass is 208 g/mol. The van der Waals surface area contributed by atoms with Crippen molar-refractivity contribution in [1.29, 1.82) is 0 Å². The van der Waals surface area contributed by atoms with Crippen LogP contribution in [0.3, 0.4) is 0 Å². The maximum absolute atomic E-state index is 10.8. The Morgan fingerprint density at radius 2 is 1.93 bits per heavy atom. The molecule has 1 heterocycles. The van der Waals surface area contributed by atoms with Crippen LogP contribution in [0.4, 0.5) is 0 Å². The minimum absolute atomic E-state index is 0.0929. The molecule has 3 N–H and O–H groups in total. The fraction of sp³-hybridized carbons (Fsp3) is 0.100. The van der Waals surface area contributed by atoms with E-state index in [-0.39, 0.29) is 17.6 Å². The standard InChI is InChI=1S/C10H8O5/c11-5-10(14)6-3-1-2-4-7(6)15-9(13)8(10)12/h1-5,12-14H. The lowest BCUT2D eigenvalue weighted by atomic mass is 9.91. The van der Waals surface area contributed by atoms with Gasteiger partial charge >= 0.3 is 5.95 Å². The second-order valence-electron chi connectivity index (χ2n) is 3.14. The van der Waals surface area contributed by atoms with E-state index in [0.29, 0.717) is 0 Å². The summed E-state index contributed by atoms with van der Waals surface area (Å²) in [6, 6.07) is 6.07. The number of fused-ring (bicyclic) bond motifs is 1. The molecule has 5 heteroatoms. The van der Waals surface area contributed by atoms with E-state index >= 15 is 0 Å². The van der Waals surface area contributed by atoms with Crippen LogP contribution in [0.25, 0.3) is 0 Å². The van der Waals surface area contributed by atoms with Crippen molar-refractivity contribution in [3.63, 3.8) is 0 Å². The van der Waals surface area contributed by atoms with Crippen molar-refractivity contribution in [3.05, 3.63) is 41.5 Å². The van der Waals surface area contributed by atoms with Gasteiger partial charge in [0, 0.05) is 5.56 Å². The zero-order valence-corrected chi connectivity index (χ0v) is 7.54. The van der Waals surface area contributed by atoms with E-state index in [2.05, 4.69) is 0 Å². The van der Waals surface area contributed by atoms with E-state index in [4.69, 9.17) is 4.74 Å². The average molecular weight is 208 g/mol. The molecular weight excluding hydrogens is 200 g/mol. The number of hydrogen-bond acceptors (Lipinski definition) is 5. The van der Waals surface area contributed by atoms with Crippen molar-refractivity contribution in [2.75, 3.05) is 0 Å². The number of carbonyl (C=O) groups excluding carboxylic acids is 1. The van der Waals surface area contributed by atoms with Crippen LogP contribution in [0.2, 0.25) is 0 Å². The van der Waals surface area contributed by atoms with Crippen molar-refractivity contribution in [3.8, 4) is 5.75 Å². The molecule has 5 nitrogen and oxygen atoms in total. The molecule has 0 aromatic heterocycles. The van der Waals surface area contributed by atoms with Gasteiger partial charge in [-0.3, -0.25) is 4.79 Å². The van der Waals surface area contributed by atoms with Gasteiger partial charge in [-0.15, -0.1) is 0 Å². The fourth-order valence-corrected chi connectivity index (χ4v) is 1.43. The Morgan fingerprint density at radius 3 is 2.60 bits per heavy atom. The number of aliphatic hydroxyl groups is 3. The first-order chi connectivity index (χ1) is 7.09. The van der Waals surface area contributed by atoms with Crippen molar-refractivity contribution >= 4 is 6.29 Å². The van der Waals surface area contributed by atoms with Crippen molar-refractivity contribution < 1.29 is 24.9 Å². The van der Waals surface area contributed by atoms with Crippen molar-refractivity contribution in [1.82, 2.24) is 0 Å². The quantitative estimate of drug-likeness (QED) is 0.593. The van der Waals surface area contributed by atoms with Gasteiger partial charge in [0.05, 0.1) is 0 Å². The van der Waals surface area contributed by atoms with E-state index in [1.165, 1.54) is 12.1 Å². The van der Waals surface area contributed by atoms with Crippen LogP contribution < -0.4 is 4.74 Å². The highest BCUT2D eigenvalue weighted by molar-refractivity contribution is 5.73. The first-order valence-electron chi connectivity index (χ1n) is 4.18. The number of para-hydroxylation sites is 1. The van der Waals surface area contributed by atoms with Gasteiger partial charge in [-0.05, 0) is 6.07 Å². The van der Waals surface area contributed by atoms with Crippen LogP contribution in [0.15, 0.2) is 36.0 Å². The number of benzene rings is 1. The molecule has 1 aliphatic rings. The molecule has 0 bridgehead atoms. The minimum atomic E-state index is -2.24. The smallest absolute Gasteiger partial charge is 0.325 e. The lowest BCUT2D eigenvalue weighted by Gasteiger charge is -2.27. The Balaban J connectivity index is 2.69. The van der Waals surface area contributed by atoms with Gasteiger partial charge in [-0.25, -0.2) is 0 Å². The molecule has 0 saturated carbocycles. The van der Waals surface area contributed by atoms with Gasteiger partial charge in [0.1, 0.15) is 5.75 Å². The van der Waals surface area contributed by atoms with Crippen LogP contribution in [0, 0.1) is 0 Å². The number of carbonyl (C=O) groups is 1. The topological polar surface area (TPSA) is 87.0 Å². The largest absolute Gasteiger partial charge is 0.503 e. The summed E-state index contributed by atoms with van der Waals surface area (Å²) in [5.74, 6) is -1.65. The molecule has 1 aromatic rings. The van der Waals surface area contributed by atoms with Crippen molar-refractivity contribution in [2.45, 2.75) is 5.60 Å². The fourth-order valence-electron chi connectivity index (χ4n) is 1.43. The van der Waals surface area contributed by atoms with Crippen molar-refractivity contribution in [2.24, 2.45) is 0 Å². The number of aldehydes is 1. The number of hydrogen-bond donors (Lipinski definition) is 3. The van der Waals surface area contributed by atoms with Crippen LogP contribution in [-0.4, -0.2) is 21.6 Å². The summed E-state index contributed by atoms with van der Waals surface area (Å²) in [5, 5.41) is 28.4. The highest BCUT2D eigenvalue weighted by atomic mass is 16.6. The SMILES string of the molecule is O=CC1(O)C(O)=C(O)Oc2ccccc21. The highest BCUT2D eigenvalue weighted by Crippen LogP contribution is 2.38. The third-order valence-electron chi connectivity index (χ3n) is 2.24. The zero-order valence-electron chi connectivity index (χ0n) is 7.54. The van der Waals surface area contributed by atoms with Crippen LogP contribution in [0.1, 0.15) is 5.56 Å². The molecular formula is C10H8O5. The zero-order chi connectivity index (χ0) is 11.1. The summed E-state index contributed by atoms with van der Waals surface area (Å²) < 4.78 is 4.81. The molecule has 0 radical (unpaired) electrons. The third-order valence-corrected chi connectivity index (χ3v) is 2.24. The maximum atomic E-state index is 10.8. The lowest BCUT2D eigenvalue weighted by molar-refractivity contribution is -0.126. The molecule has 78 valence electrons. The van der Waals surface area contributed by atoms with E-state index in [1.54, 1.807) is 12.1 Å². The molecule has 0 spiro atoms. The Morgan fingerprint density at radius 1 is 1.27 bits per heavy atom. The predicted octanol–water partition coefficient (Wildman–Crippen LogP) is 0.751. The molecule has 1 aromatic carbocycles. The third kappa shape index (κ3) is 1.17. The highest BCUT2D eigenvalue weighted by Gasteiger charge is 2.43. The molecule has 1 aliphatic heterocycles. The summed E-state index contributed by atoms with van der Waals surface area (Å²) in [6.45, 7) is 0. The lowest BCUT2D eigenvalue weighted by Crippen LogP contribution is -2.35. The van der Waals surface area contributed by atoms with Gasteiger partial charge in [0.15, 0.2) is 6.29 Å². The first-order valence-corrected chi connectivity index (χ1v) is 4.18. The van der Waals surface area contributed by atoms with E-state index in [0.717, 1.165) is 0 Å². The summed E-state index contributed by atoms with van der Waals surface area (Å²) >= 11 is 0. The Bertz CT molecular complexity index is 451. The summed E-state index contributed by atoms with van der Waals surface area (Å²) in [7, 11) is 0. The Kier molecular flexibility index (Phi) is 1.90. The molecule has 15 heavy (non-hydrogen) atoms. The molecule has 0 aliphatic carbocycles. The van der Waals surface area contributed by atoms with E-state index in [1.807, 2.05) is 0 Å². The minimum Gasteiger partial charge on any atom is -0.503 e. The second kappa shape index (κ2) is 2.99. The van der Waals surface area contributed by atoms with Gasteiger partial charge in [0.25, 0.3) is 0 Å². The number of aliphatic hydroxyl groups excluding tert-OH is 2. The Hall–Kier alpha value is -2.01. The Labute approximate surface area is 84.9 Å². The summed E-state index contributed by atoms with van der Waals surface area (Å²) in [6.07, 6.45) is 0.139. The van der Waals surface area contributed by atoms with Crippen LogP contribution in [-0.2, 0) is 10.4 Å². The molecule has 0 amide bonds. The van der Waals surface area contributed by atoms with Gasteiger partial charge in [-0.1, -0.05) is 18.2 Å². The average Bonchev–Trinajstić information content (AvgIpc) is 2.26. The van der Waals surface area contributed by atoms with Gasteiger partial charge < -0.3 is 20.1 Å². The van der Waals surface area contributed by atoms with Gasteiger partial charge in [-0.2, -0.15) is 0 Å². The van der Waals surface area contributed by atoms with E-state index < -0.39 is 17.3 Å². The first kappa shape index (κ1) is 9.54. The maximum Gasteiger partial charge on any atom is 0.325 e. The predicted molar refractivity (Wildman–Crippen MR) is 49.3 cm³/mol. The number of ether oxygens (including phenoxy) is 1. The molecule has 0 saturated heterocycles. The molecule has 1 unspecified atom stereocenters. The van der Waals surface area contributed by atoms with Crippen LogP contribution in [0.5, 0.6) is 5.75 Å². The molecule has 2 rings (SSSR count). The van der Waals surface area contributed by atoms with Crippen LogP contribution >= 0.6 is 0 Å². The summed E-state index contributed by atoms with van der Waals surface area (Å²) in [5.41, 5.74) is -2.14. The second-order valence-corrected chi connectivity index (χ2v) is 3.14. The molecule has 1 atom stereocenters. The normalized spacial score (nSPS) is 24.3. The summed E-state index contributed by atoms with van der Waals surface area (Å²) in [4.78, 5) is 10.8.